The number of fused-ring (bicyclic) bond motifs is 1. The summed E-state index contributed by atoms with van der Waals surface area (Å²) in [6.45, 7) is 0. The summed E-state index contributed by atoms with van der Waals surface area (Å²) >= 11 is 6.06. The topological polar surface area (TPSA) is 85.4 Å². The van der Waals surface area contributed by atoms with Gasteiger partial charge in [-0.3, -0.25) is 4.79 Å². The number of nitrogens with zero attached hydrogens (tertiary/aromatic N) is 2. The molecule has 3 rings (SSSR count). The maximum absolute atomic E-state index is 11.6. The molecule has 8 heteroatoms. The quantitative estimate of drug-likeness (QED) is 0.667. The van der Waals surface area contributed by atoms with E-state index in [2.05, 4.69) is 20.6 Å². The van der Waals surface area contributed by atoms with E-state index in [0.29, 0.717) is 28.4 Å². The zero-order valence-electron chi connectivity index (χ0n) is 14.5. The Balaban J connectivity index is 2.02. The van der Waals surface area contributed by atoms with E-state index in [9.17, 15) is 4.79 Å². The van der Waals surface area contributed by atoms with Crippen LogP contribution >= 0.6 is 11.6 Å². The molecule has 3 aromatic rings. The molecule has 0 saturated carbocycles. The number of hydrogen-bond donors (Lipinski definition) is 2. The number of methoxy groups -OCH3 is 2. The molecule has 1 aromatic heterocycles. The summed E-state index contributed by atoms with van der Waals surface area (Å²) in [7, 11) is 4.70. The number of carbonyl (C=O) groups is 1. The molecule has 0 bridgehead atoms. The second-order valence-electron chi connectivity index (χ2n) is 5.35. The van der Waals surface area contributed by atoms with E-state index in [0.717, 1.165) is 11.1 Å². The van der Waals surface area contributed by atoms with Crippen molar-refractivity contribution in [3.05, 3.63) is 47.2 Å². The molecule has 2 aromatic carbocycles. The van der Waals surface area contributed by atoms with Crippen LogP contribution < -0.4 is 20.1 Å². The van der Waals surface area contributed by atoms with Crippen LogP contribution in [0, 0.1) is 0 Å². The van der Waals surface area contributed by atoms with Crippen molar-refractivity contribution in [2.24, 2.45) is 0 Å². The molecule has 0 radical (unpaired) electrons. The fourth-order valence-corrected chi connectivity index (χ4v) is 2.68. The zero-order valence-corrected chi connectivity index (χ0v) is 15.2. The first-order valence-corrected chi connectivity index (χ1v) is 8.12. The first-order valence-electron chi connectivity index (χ1n) is 7.74. The van der Waals surface area contributed by atoms with E-state index >= 15 is 0 Å². The van der Waals surface area contributed by atoms with Gasteiger partial charge in [-0.1, -0.05) is 0 Å². The highest BCUT2D eigenvalue weighted by atomic mass is 35.5. The summed E-state index contributed by atoms with van der Waals surface area (Å²) in [4.78, 5) is 20.1. The van der Waals surface area contributed by atoms with Gasteiger partial charge in [-0.25, -0.2) is 4.98 Å². The van der Waals surface area contributed by atoms with E-state index < -0.39 is 0 Å². The summed E-state index contributed by atoms with van der Waals surface area (Å²) in [6, 6.07) is 10.5. The highest BCUT2D eigenvalue weighted by Crippen LogP contribution is 2.35. The van der Waals surface area contributed by atoms with E-state index in [1.165, 1.54) is 0 Å². The Kier molecular flexibility index (Phi) is 5.09. The molecule has 134 valence electrons. The Hall–Kier alpha value is -3.06. The summed E-state index contributed by atoms with van der Waals surface area (Å²) in [5.41, 5.74) is 1.94. The second kappa shape index (κ2) is 7.45. The van der Waals surface area contributed by atoms with Crippen molar-refractivity contribution >= 4 is 39.9 Å². The van der Waals surface area contributed by atoms with Crippen molar-refractivity contribution < 1.29 is 14.3 Å². The third-order valence-corrected chi connectivity index (χ3v) is 3.98. The van der Waals surface area contributed by atoms with Gasteiger partial charge in [0.05, 0.1) is 19.7 Å². The number of nitrogens with one attached hydrogen (secondary N) is 2. The number of carbonyl (C=O) groups excluding carboxylic acids is 1. The van der Waals surface area contributed by atoms with Gasteiger partial charge in [0.25, 0.3) is 5.91 Å². The Morgan fingerprint density at radius 3 is 2.31 bits per heavy atom. The van der Waals surface area contributed by atoms with Gasteiger partial charge in [0.15, 0.2) is 11.5 Å². The molecule has 1 heterocycles. The lowest BCUT2D eigenvalue weighted by molar-refractivity contribution is 0.0963. The summed E-state index contributed by atoms with van der Waals surface area (Å²) in [5.74, 6) is 1.48. The fourth-order valence-electron chi connectivity index (χ4n) is 2.51. The average molecular weight is 373 g/mol. The first kappa shape index (κ1) is 17.8. The van der Waals surface area contributed by atoms with Crippen LogP contribution in [-0.2, 0) is 0 Å². The normalized spacial score (nSPS) is 10.5. The average Bonchev–Trinajstić information content (AvgIpc) is 2.66. The van der Waals surface area contributed by atoms with Gasteiger partial charge in [0, 0.05) is 29.8 Å². The van der Waals surface area contributed by atoms with Crippen LogP contribution in [0.3, 0.4) is 0 Å². The van der Waals surface area contributed by atoms with Crippen molar-refractivity contribution in [2.75, 3.05) is 26.6 Å². The molecule has 7 nitrogen and oxygen atoms in total. The number of rotatable bonds is 5. The summed E-state index contributed by atoms with van der Waals surface area (Å²) < 4.78 is 10.7. The van der Waals surface area contributed by atoms with Crippen LogP contribution in [0.15, 0.2) is 36.4 Å². The van der Waals surface area contributed by atoms with Gasteiger partial charge >= 0.3 is 0 Å². The van der Waals surface area contributed by atoms with E-state index in [1.54, 1.807) is 57.7 Å². The lowest BCUT2D eigenvalue weighted by Crippen LogP contribution is -2.17. The standard InChI is InChI=1S/C18H17ClN4O3/c1-20-17(24)10-4-6-11(7-5-10)21-16-12-8-14(25-2)15(26-3)9-13(12)22-18(19)23-16/h4-9H,1-3H3,(H,20,24)(H,21,22,23). The predicted octanol–water partition coefficient (Wildman–Crippen LogP) is 3.40. The first-order chi connectivity index (χ1) is 12.5. The van der Waals surface area contributed by atoms with E-state index in [-0.39, 0.29) is 11.2 Å². The molecule has 0 saturated heterocycles. The largest absolute Gasteiger partial charge is 0.493 e. The van der Waals surface area contributed by atoms with Crippen LogP contribution in [0.4, 0.5) is 11.5 Å². The van der Waals surface area contributed by atoms with Gasteiger partial charge in [-0.15, -0.1) is 0 Å². The van der Waals surface area contributed by atoms with Crippen molar-refractivity contribution in [3.63, 3.8) is 0 Å². The third-order valence-electron chi connectivity index (χ3n) is 3.81. The van der Waals surface area contributed by atoms with Crippen molar-refractivity contribution in [3.8, 4) is 11.5 Å². The zero-order chi connectivity index (χ0) is 18.7. The minimum absolute atomic E-state index is 0.106. The molecule has 0 atom stereocenters. The summed E-state index contributed by atoms with van der Waals surface area (Å²) in [5, 5.41) is 6.61. The Morgan fingerprint density at radius 1 is 1.04 bits per heavy atom. The third kappa shape index (κ3) is 3.48. The van der Waals surface area contributed by atoms with E-state index in [1.807, 2.05) is 0 Å². The molecule has 1 amide bonds. The molecular formula is C18H17ClN4O3. The minimum atomic E-state index is -0.149. The highest BCUT2D eigenvalue weighted by molar-refractivity contribution is 6.28. The van der Waals surface area contributed by atoms with Gasteiger partial charge in [0.2, 0.25) is 5.28 Å². The van der Waals surface area contributed by atoms with Crippen LogP contribution in [0.5, 0.6) is 11.5 Å². The van der Waals surface area contributed by atoms with Crippen LogP contribution in [0.1, 0.15) is 10.4 Å². The molecule has 26 heavy (non-hydrogen) atoms. The van der Waals surface area contributed by atoms with Gasteiger partial charge < -0.3 is 20.1 Å². The van der Waals surface area contributed by atoms with Crippen molar-refractivity contribution in [1.82, 2.24) is 15.3 Å². The monoisotopic (exact) mass is 372 g/mol. The number of ether oxygens (including phenoxy) is 2. The van der Waals surface area contributed by atoms with Crippen molar-refractivity contribution in [1.29, 1.82) is 0 Å². The van der Waals surface area contributed by atoms with E-state index in [4.69, 9.17) is 21.1 Å². The molecule has 0 aliphatic carbocycles. The van der Waals surface area contributed by atoms with Gasteiger partial charge in [-0.2, -0.15) is 4.98 Å². The Labute approximate surface area is 155 Å². The Bertz CT molecular complexity index is 961. The molecule has 0 aliphatic heterocycles. The Morgan fingerprint density at radius 2 is 1.69 bits per heavy atom. The van der Waals surface area contributed by atoms with Crippen LogP contribution in [0.25, 0.3) is 10.9 Å². The SMILES string of the molecule is CNC(=O)c1ccc(Nc2nc(Cl)nc3cc(OC)c(OC)cc23)cc1. The molecule has 0 fully saturated rings. The number of hydrogen-bond acceptors (Lipinski definition) is 6. The minimum Gasteiger partial charge on any atom is -0.493 e. The lowest BCUT2D eigenvalue weighted by atomic mass is 10.1. The van der Waals surface area contributed by atoms with Crippen molar-refractivity contribution in [2.45, 2.75) is 0 Å². The molecule has 0 spiro atoms. The smallest absolute Gasteiger partial charge is 0.251 e. The maximum Gasteiger partial charge on any atom is 0.251 e. The lowest BCUT2D eigenvalue weighted by Gasteiger charge is -2.13. The number of anilines is 2. The van der Waals surface area contributed by atoms with Gasteiger partial charge in [0.1, 0.15) is 5.82 Å². The maximum atomic E-state index is 11.6. The van der Waals surface area contributed by atoms with Gasteiger partial charge in [-0.05, 0) is 41.9 Å². The second-order valence-corrected chi connectivity index (χ2v) is 5.69. The predicted molar refractivity (Wildman–Crippen MR) is 101 cm³/mol. The molecule has 2 N–H and O–H groups in total. The highest BCUT2D eigenvalue weighted by Gasteiger charge is 2.13. The fraction of sp³-hybridized carbons (Fsp3) is 0.167. The van der Waals surface area contributed by atoms with Crippen LogP contribution in [0.2, 0.25) is 5.28 Å². The number of amides is 1. The number of halogens is 1. The number of aromatic nitrogens is 2. The summed E-state index contributed by atoms with van der Waals surface area (Å²) in [6.07, 6.45) is 0. The number of benzene rings is 2. The molecule has 0 unspecified atom stereocenters. The molecule has 0 aliphatic rings. The van der Waals surface area contributed by atoms with Crippen LogP contribution in [-0.4, -0.2) is 37.1 Å². The molecular weight excluding hydrogens is 356 g/mol.